The molecule has 0 aliphatic heterocycles. The lowest BCUT2D eigenvalue weighted by Crippen LogP contribution is -2.26. The van der Waals surface area contributed by atoms with Gasteiger partial charge in [-0.2, -0.15) is 0 Å². The zero-order valence-electron chi connectivity index (χ0n) is 10.7. The number of likely N-dealkylation sites (N-methyl/N-ethyl adjacent to an activating group) is 1. The number of carboxylic acids is 1. The van der Waals surface area contributed by atoms with Gasteiger partial charge in [-0.3, -0.25) is 4.79 Å². The molecule has 0 atom stereocenters. The molecule has 1 heterocycles. The zero-order chi connectivity index (χ0) is 14.5. The second-order valence-corrected chi connectivity index (χ2v) is 4.97. The lowest BCUT2D eigenvalue weighted by Gasteiger charge is -2.15. The minimum atomic E-state index is -0.912. The van der Waals surface area contributed by atoms with Gasteiger partial charge in [0.05, 0.1) is 18.1 Å². The van der Waals surface area contributed by atoms with Crippen LogP contribution in [0.3, 0.4) is 0 Å². The highest BCUT2D eigenvalue weighted by atomic mass is 79.9. The van der Waals surface area contributed by atoms with Gasteiger partial charge in [-0.1, -0.05) is 12.1 Å². The Balaban J connectivity index is 2.09. The van der Waals surface area contributed by atoms with Crippen LogP contribution in [0.1, 0.15) is 0 Å². The number of nitrogens with zero attached hydrogens (tertiary/aromatic N) is 3. The maximum Gasteiger partial charge on any atom is 0.323 e. The van der Waals surface area contributed by atoms with Crippen LogP contribution in [0.4, 0.5) is 17.3 Å². The molecule has 2 N–H and O–H groups in total. The molecule has 2 aromatic rings. The Bertz CT molecular complexity index is 604. The second-order valence-electron chi connectivity index (χ2n) is 4.11. The molecule has 0 fully saturated rings. The summed E-state index contributed by atoms with van der Waals surface area (Å²) in [5.41, 5.74) is 0.883. The number of hydrogen-bond donors (Lipinski definition) is 2. The Morgan fingerprint density at radius 1 is 1.35 bits per heavy atom. The molecule has 0 saturated carbocycles. The van der Waals surface area contributed by atoms with E-state index in [9.17, 15) is 4.79 Å². The summed E-state index contributed by atoms with van der Waals surface area (Å²) in [6.45, 7) is -0.119. The highest BCUT2D eigenvalue weighted by molar-refractivity contribution is 9.10. The van der Waals surface area contributed by atoms with Gasteiger partial charge in [0.1, 0.15) is 18.2 Å². The summed E-state index contributed by atoms with van der Waals surface area (Å²) in [7, 11) is 1.65. The van der Waals surface area contributed by atoms with E-state index in [1.807, 2.05) is 24.3 Å². The van der Waals surface area contributed by atoms with Gasteiger partial charge in [0, 0.05) is 11.5 Å². The van der Waals surface area contributed by atoms with Crippen molar-refractivity contribution in [2.24, 2.45) is 0 Å². The fourth-order valence-corrected chi connectivity index (χ4v) is 1.95. The van der Waals surface area contributed by atoms with Crippen LogP contribution in [0.5, 0.6) is 0 Å². The fraction of sp³-hybridized carbons (Fsp3) is 0.154. The van der Waals surface area contributed by atoms with E-state index < -0.39 is 5.97 Å². The lowest BCUT2D eigenvalue weighted by atomic mass is 10.3. The average molecular weight is 337 g/mol. The fourth-order valence-electron chi connectivity index (χ4n) is 1.57. The van der Waals surface area contributed by atoms with Crippen molar-refractivity contribution in [2.45, 2.75) is 0 Å². The maximum absolute atomic E-state index is 10.6. The first-order valence-corrected chi connectivity index (χ1v) is 6.62. The van der Waals surface area contributed by atoms with E-state index in [4.69, 9.17) is 5.11 Å². The van der Waals surface area contributed by atoms with Crippen molar-refractivity contribution in [2.75, 3.05) is 23.8 Å². The molecule has 1 aromatic carbocycles. The molecular weight excluding hydrogens is 324 g/mol. The number of anilines is 3. The number of aromatic nitrogens is 2. The predicted molar refractivity (Wildman–Crippen MR) is 80.4 cm³/mol. The summed E-state index contributed by atoms with van der Waals surface area (Å²) < 4.78 is 0.925. The number of benzene rings is 1. The number of hydrogen-bond acceptors (Lipinski definition) is 5. The summed E-state index contributed by atoms with van der Waals surface area (Å²) in [4.78, 5) is 20.5. The molecule has 1 aromatic heterocycles. The van der Waals surface area contributed by atoms with E-state index >= 15 is 0 Å². The molecule has 7 heteroatoms. The summed E-state index contributed by atoms with van der Waals surface area (Å²) >= 11 is 3.43. The van der Waals surface area contributed by atoms with Crippen molar-refractivity contribution >= 4 is 39.2 Å². The van der Waals surface area contributed by atoms with E-state index in [0.717, 1.165) is 10.2 Å². The third-order valence-electron chi connectivity index (χ3n) is 2.54. The van der Waals surface area contributed by atoms with Gasteiger partial charge in [0.15, 0.2) is 0 Å². The van der Waals surface area contributed by atoms with Crippen molar-refractivity contribution in [3.05, 3.63) is 41.1 Å². The molecule has 104 valence electrons. The quantitative estimate of drug-likeness (QED) is 0.873. The molecule has 0 aliphatic carbocycles. The SMILES string of the molecule is CN(CC(=O)O)c1cnc(Nc2ccccc2Br)cn1. The number of para-hydroxylation sites is 1. The smallest absolute Gasteiger partial charge is 0.323 e. The van der Waals surface area contributed by atoms with Crippen LogP contribution >= 0.6 is 15.9 Å². The monoisotopic (exact) mass is 336 g/mol. The number of aliphatic carboxylic acids is 1. The van der Waals surface area contributed by atoms with Crippen LogP contribution in [0.15, 0.2) is 41.1 Å². The van der Waals surface area contributed by atoms with Crippen LogP contribution in [-0.4, -0.2) is 34.6 Å². The standard InChI is InChI=1S/C13H13BrN4O2/c1-18(8-13(19)20)12-7-15-11(6-16-12)17-10-5-3-2-4-9(10)14/h2-7H,8H2,1H3,(H,15,17)(H,19,20). The largest absolute Gasteiger partial charge is 0.480 e. The highest BCUT2D eigenvalue weighted by Crippen LogP contribution is 2.24. The molecule has 0 aliphatic rings. The minimum Gasteiger partial charge on any atom is -0.480 e. The Morgan fingerprint density at radius 3 is 2.70 bits per heavy atom. The van der Waals surface area contributed by atoms with Crippen molar-refractivity contribution in [3.63, 3.8) is 0 Å². The molecule has 6 nitrogen and oxygen atoms in total. The Kier molecular flexibility index (Phi) is 4.52. The van der Waals surface area contributed by atoms with Crippen molar-refractivity contribution in [1.29, 1.82) is 0 Å². The molecule has 0 unspecified atom stereocenters. The predicted octanol–water partition coefficient (Wildman–Crippen LogP) is 2.50. The number of nitrogens with one attached hydrogen (secondary N) is 1. The van der Waals surface area contributed by atoms with E-state index in [1.54, 1.807) is 13.2 Å². The minimum absolute atomic E-state index is 0.119. The zero-order valence-corrected chi connectivity index (χ0v) is 12.3. The van der Waals surface area contributed by atoms with Gasteiger partial charge in [0.25, 0.3) is 0 Å². The van der Waals surface area contributed by atoms with E-state index in [1.165, 1.54) is 11.1 Å². The van der Waals surface area contributed by atoms with E-state index in [-0.39, 0.29) is 6.54 Å². The number of carbonyl (C=O) groups is 1. The van der Waals surface area contributed by atoms with Gasteiger partial charge in [0.2, 0.25) is 0 Å². The van der Waals surface area contributed by atoms with Crippen LogP contribution in [0.2, 0.25) is 0 Å². The highest BCUT2D eigenvalue weighted by Gasteiger charge is 2.07. The van der Waals surface area contributed by atoms with Crippen LogP contribution in [0.25, 0.3) is 0 Å². The second kappa shape index (κ2) is 6.33. The Hall–Kier alpha value is -2.15. The van der Waals surface area contributed by atoms with Gasteiger partial charge < -0.3 is 15.3 Å². The number of halogens is 1. The first-order chi connectivity index (χ1) is 9.56. The average Bonchev–Trinajstić information content (AvgIpc) is 2.41. The van der Waals surface area contributed by atoms with Crippen LogP contribution in [0, 0.1) is 0 Å². The summed E-state index contributed by atoms with van der Waals surface area (Å²) in [5, 5.41) is 11.8. The molecule has 0 saturated heterocycles. The summed E-state index contributed by atoms with van der Waals surface area (Å²) in [5.74, 6) is 0.180. The number of rotatable bonds is 5. The molecular formula is C13H13BrN4O2. The summed E-state index contributed by atoms with van der Waals surface area (Å²) in [6.07, 6.45) is 3.09. The molecule has 0 bridgehead atoms. The normalized spacial score (nSPS) is 10.1. The van der Waals surface area contributed by atoms with Gasteiger partial charge in [-0.05, 0) is 28.1 Å². The Morgan fingerprint density at radius 2 is 2.10 bits per heavy atom. The van der Waals surface area contributed by atoms with Crippen molar-refractivity contribution < 1.29 is 9.90 Å². The molecule has 0 amide bonds. The third kappa shape index (κ3) is 3.67. The molecule has 20 heavy (non-hydrogen) atoms. The Labute approximate surface area is 124 Å². The van der Waals surface area contributed by atoms with Gasteiger partial charge >= 0.3 is 5.97 Å². The van der Waals surface area contributed by atoms with E-state index in [2.05, 4.69) is 31.2 Å². The molecule has 0 radical (unpaired) electrons. The first-order valence-electron chi connectivity index (χ1n) is 5.83. The lowest BCUT2D eigenvalue weighted by molar-refractivity contribution is -0.135. The van der Waals surface area contributed by atoms with Crippen molar-refractivity contribution in [1.82, 2.24) is 9.97 Å². The molecule has 2 rings (SSSR count). The third-order valence-corrected chi connectivity index (χ3v) is 3.23. The summed E-state index contributed by atoms with van der Waals surface area (Å²) in [6, 6.07) is 7.67. The van der Waals surface area contributed by atoms with Crippen molar-refractivity contribution in [3.8, 4) is 0 Å². The topological polar surface area (TPSA) is 78.4 Å². The van der Waals surface area contributed by atoms with Crippen LogP contribution < -0.4 is 10.2 Å². The van der Waals surface area contributed by atoms with E-state index in [0.29, 0.717) is 11.6 Å². The molecule has 0 spiro atoms. The van der Waals surface area contributed by atoms with Gasteiger partial charge in [-0.25, -0.2) is 9.97 Å². The maximum atomic E-state index is 10.6. The van der Waals surface area contributed by atoms with Crippen LogP contribution in [-0.2, 0) is 4.79 Å². The van der Waals surface area contributed by atoms with Gasteiger partial charge in [-0.15, -0.1) is 0 Å². The first kappa shape index (κ1) is 14.3. The number of carboxylic acid groups (broad SMARTS) is 1.